The Morgan fingerprint density at radius 3 is 1.97 bits per heavy atom. The van der Waals surface area contributed by atoms with Crippen molar-refractivity contribution < 1.29 is 9.21 Å². The number of aryl methyl sites for hydroxylation is 1. The maximum absolute atomic E-state index is 12.7. The molecule has 0 aliphatic heterocycles. The Bertz CT molecular complexity index is 1100. The Balaban J connectivity index is 1.48. The largest absolute Gasteiger partial charge is 0.416 e. The molecule has 5 heteroatoms. The van der Waals surface area contributed by atoms with Crippen molar-refractivity contribution in [2.75, 3.05) is 7.05 Å². The number of hydrogen-bond donors (Lipinski definition) is 0. The minimum Gasteiger partial charge on any atom is -0.416 e. The monoisotopic (exact) mass is 383 g/mol. The van der Waals surface area contributed by atoms with E-state index in [1.54, 1.807) is 24.1 Å². The van der Waals surface area contributed by atoms with Gasteiger partial charge in [0.15, 0.2) is 0 Å². The molecule has 3 aromatic carbocycles. The summed E-state index contributed by atoms with van der Waals surface area (Å²) >= 11 is 0. The van der Waals surface area contributed by atoms with Crippen LogP contribution in [-0.2, 0) is 6.54 Å². The maximum Gasteiger partial charge on any atom is 0.253 e. The van der Waals surface area contributed by atoms with E-state index < -0.39 is 0 Å². The molecule has 0 N–H and O–H groups in total. The van der Waals surface area contributed by atoms with Crippen molar-refractivity contribution in [1.29, 1.82) is 0 Å². The topological polar surface area (TPSA) is 59.2 Å². The zero-order chi connectivity index (χ0) is 20.2. The molecular formula is C24H21N3O2. The Morgan fingerprint density at radius 2 is 1.38 bits per heavy atom. The molecule has 1 aromatic heterocycles. The third kappa shape index (κ3) is 4.24. The van der Waals surface area contributed by atoms with E-state index in [-0.39, 0.29) is 5.91 Å². The van der Waals surface area contributed by atoms with Gasteiger partial charge in [0.05, 0.1) is 0 Å². The van der Waals surface area contributed by atoms with Crippen LogP contribution in [0.4, 0.5) is 0 Å². The smallest absolute Gasteiger partial charge is 0.253 e. The molecule has 0 unspecified atom stereocenters. The number of benzene rings is 3. The molecule has 29 heavy (non-hydrogen) atoms. The van der Waals surface area contributed by atoms with Gasteiger partial charge in [-0.2, -0.15) is 0 Å². The summed E-state index contributed by atoms with van der Waals surface area (Å²) in [6.07, 6.45) is 0. The first-order valence-corrected chi connectivity index (χ1v) is 9.40. The molecule has 4 rings (SSSR count). The first-order valence-electron chi connectivity index (χ1n) is 9.40. The molecule has 1 heterocycles. The van der Waals surface area contributed by atoms with E-state index in [2.05, 4.69) is 10.2 Å². The third-order valence-corrected chi connectivity index (χ3v) is 4.71. The van der Waals surface area contributed by atoms with Crippen molar-refractivity contribution in [2.24, 2.45) is 0 Å². The normalized spacial score (nSPS) is 10.7. The predicted molar refractivity (Wildman–Crippen MR) is 112 cm³/mol. The molecule has 0 saturated carbocycles. The molecule has 1 amide bonds. The van der Waals surface area contributed by atoms with Crippen LogP contribution in [0.1, 0.15) is 21.5 Å². The minimum absolute atomic E-state index is 0.0359. The fourth-order valence-electron chi connectivity index (χ4n) is 3.06. The number of aromatic nitrogens is 2. The van der Waals surface area contributed by atoms with Crippen molar-refractivity contribution in [1.82, 2.24) is 15.1 Å². The van der Waals surface area contributed by atoms with Crippen LogP contribution in [-0.4, -0.2) is 28.1 Å². The molecule has 0 spiro atoms. The lowest BCUT2D eigenvalue weighted by Gasteiger charge is -2.17. The van der Waals surface area contributed by atoms with Crippen LogP contribution < -0.4 is 0 Å². The summed E-state index contributed by atoms with van der Waals surface area (Å²) in [6.45, 7) is 2.59. The van der Waals surface area contributed by atoms with Gasteiger partial charge in [0.1, 0.15) is 0 Å². The van der Waals surface area contributed by atoms with E-state index >= 15 is 0 Å². The first-order chi connectivity index (χ1) is 14.1. The number of rotatable bonds is 5. The second-order valence-electron chi connectivity index (χ2n) is 7.00. The fourth-order valence-corrected chi connectivity index (χ4v) is 3.06. The molecule has 0 fully saturated rings. The Hall–Kier alpha value is -3.73. The number of nitrogens with zero attached hydrogens (tertiary/aromatic N) is 3. The molecule has 0 atom stereocenters. The minimum atomic E-state index is -0.0359. The number of carbonyl (C=O) groups excluding carboxylic acids is 1. The van der Waals surface area contributed by atoms with Gasteiger partial charge in [0.25, 0.3) is 5.91 Å². The van der Waals surface area contributed by atoms with E-state index in [1.165, 1.54) is 5.56 Å². The molecule has 0 aliphatic carbocycles. The summed E-state index contributed by atoms with van der Waals surface area (Å²) in [5.41, 5.74) is 4.53. The second-order valence-corrected chi connectivity index (χ2v) is 7.00. The lowest BCUT2D eigenvalue weighted by Crippen LogP contribution is -2.26. The highest BCUT2D eigenvalue weighted by atomic mass is 16.4. The third-order valence-electron chi connectivity index (χ3n) is 4.71. The van der Waals surface area contributed by atoms with Crippen LogP contribution in [0.25, 0.3) is 22.9 Å². The Labute approximate surface area is 169 Å². The molecular weight excluding hydrogens is 362 g/mol. The van der Waals surface area contributed by atoms with Crippen LogP contribution in [0.5, 0.6) is 0 Å². The predicted octanol–water partition coefficient (Wildman–Crippen LogP) is 4.98. The van der Waals surface area contributed by atoms with Crippen molar-refractivity contribution in [3.05, 3.63) is 95.6 Å². The van der Waals surface area contributed by atoms with Crippen molar-refractivity contribution in [2.45, 2.75) is 13.5 Å². The summed E-state index contributed by atoms with van der Waals surface area (Å²) in [6, 6.07) is 25.1. The van der Waals surface area contributed by atoms with E-state index in [9.17, 15) is 4.79 Å². The standard InChI is InChI=1S/C24H21N3O2/c1-17-8-10-19(11-9-17)22-25-26-23(29-22)20-12-14-21(15-13-20)24(28)27(2)16-18-6-4-3-5-7-18/h3-15H,16H2,1-2H3. The number of carbonyl (C=O) groups is 1. The Kier molecular flexibility index (Phi) is 5.20. The van der Waals surface area contributed by atoms with Crippen molar-refractivity contribution in [3.8, 4) is 22.9 Å². The molecule has 0 bridgehead atoms. The fraction of sp³-hybridized carbons (Fsp3) is 0.125. The summed E-state index contributed by atoms with van der Waals surface area (Å²) in [7, 11) is 1.80. The summed E-state index contributed by atoms with van der Waals surface area (Å²) in [5, 5.41) is 8.27. The van der Waals surface area contributed by atoms with Gasteiger partial charge >= 0.3 is 0 Å². The molecule has 144 valence electrons. The quantitative estimate of drug-likeness (QED) is 0.487. The van der Waals surface area contributed by atoms with Gasteiger partial charge in [-0.25, -0.2) is 0 Å². The zero-order valence-corrected chi connectivity index (χ0v) is 16.4. The lowest BCUT2D eigenvalue weighted by molar-refractivity contribution is 0.0785. The highest BCUT2D eigenvalue weighted by molar-refractivity contribution is 5.94. The van der Waals surface area contributed by atoms with Crippen LogP contribution >= 0.6 is 0 Å². The molecule has 0 radical (unpaired) electrons. The number of amides is 1. The first kappa shape index (κ1) is 18.6. The van der Waals surface area contributed by atoms with Gasteiger partial charge in [-0.15, -0.1) is 10.2 Å². The van der Waals surface area contributed by atoms with Crippen molar-refractivity contribution >= 4 is 5.91 Å². The van der Waals surface area contributed by atoms with Gasteiger partial charge in [0, 0.05) is 30.3 Å². The molecule has 5 nitrogen and oxygen atoms in total. The average molecular weight is 383 g/mol. The van der Waals surface area contributed by atoms with Crippen LogP contribution in [0.15, 0.2) is 83.3 Å². The van der Waals surface area contributed by atoms with E-state index in [1.807, 2.05) is 73.7 Å². The zero-order valence-electron chi connectivity index (χ0n) is 16.4. The van der Waals surface area contributed by atoms with Crippen LogP contribution in [0, 0.1) is 6.92 Å². The maximum atomic E-state index is 12.7. The van der Waals surface area contributed by atoms with Gasteiger partial charge in [-0.05, 0) is 48.9 Å². The SMILES string of the molecule is Cc1ccc(-c2nnc(-c3ccc(C(=O)N(C)Cc4ccccc4)cc3)o2)cc1. The Morgan fingerprint density at radius 1 is 0.828 bits per heavy atom. The van der Waals surface area contributed by atoms with Gasteiger partial charge in [-0.3, -0.25) is 4.79 Å². The summed E-state index contributed by atoms with van der Waals surface area (Å²) in [4.78, 5) is 14.4. The summed E-state index contributed by atoms with van der Waals surface area (Å²) in [5.74, 6) is 0.867. The van der Waals surface area contributed by atoms with Gasteiger partial charge in [-0.1, -0.05) is 48.0 Å². The average Bonchev–Trinajstić information content (AvgIpc) is 3.25. The van der Waals surface area contributed by atoms with Gasteiger partial charge < -0.3 is 9.32 Å². The van der Waals surface area contributed by atoms with E-state index in [0.29, 0.717) is 23.9 Å². The highest BCUT2D eigenvalue weighted by Gasteiger charge is 2.14. The number of hydrogen-bond acceptors (Lipinski definition) is 4. The summed E-state index contributed by atoms with van der Waals surface area (Å²) < 4.78 is 5.80. The van der Waals surface area contributed by atoms with Gasteiger partial charge in [0.2, 0.25) is 11.8 Å². The lowest BCUT2D eigenvalue weighted by atomic mass is 10.1. The highest BCUT2D eigenvalue weighted by Crippen LogP contribution is 2.24. The molecule has 0 aliphatic rings. The second kappa shape index (κ2) is 8.10. The molecule has 0 saturated heterocycles. The van der Waals surface area contributed by atoms with Crippen molar-refractivity contribution in [3.63, 3.8) is 0 Å². The van der Waals surface area contributed by atoms with Crippen LogP contribution in [0.2, 0.25) is 0 Å². The van der Waals surface area contributed by atoms with Crippen LogP contribution in [0.3, 0.4) is 0 Å². The van der Waals surface area contributed by atoms with E-state index in [4.69, 9.17) is 4.42 Å². The molecule has 4 aromatic rings. The van der Waals surface area contributed by atoms with E-state index in [0.717, 1.165) is 16.7 Å².